The summed E-state index contributed by atoms with van der Waals surface area (Å²) in [5, 5.41) is 2.37. The molecule has 54 heavy (non-hydrogen) atoms. The minimum Gasteiger partial charge on any atom is -0.460 e. The number of para-hydroxylation sites is 1. The van der Waals surface area contributed by atoms with E-state index in [0.717, 1.165) is 35.5 Å². The first-order valence-electron chi connectivity index (χ1n) is 19.5. The molecular weight excluding hydrogens is 659 g/mol. The summed E-state index contributed by atoms with van der Waals surface area (Å²) < 4.78 is 13.9. The third-order valence-electron chi connectivity index (χ3n) is 12.6. The molecule has 2 aromatic heterocycles. The molecule has 11 rings (SSSR count). The zero-order valence-electron chi connectivity index (χ0n) is 30.6. The van der Waals surface area contributed by atoms with Gasteiger partial charge < -0.3 is 13.7 Å². The van der Waals surface area contributed by atoms with Crippen LogP contribution in [0.3, 0.4) is 0 Å². The summed E-state index contributed by atoms with van der Waals surface area (Å²) in [5.41, 5.74) is 12.6. The molecule has 0 saturated carbocycles. The van der Waals surface area contributed by atoms with Gasteiger partial charge in [-0.3, -0.25) is 0 Å². The van der Waals surface area contributed by atoms with Gasteiger partial charge in [-0.2, -0.15) is 0 Å². The fourth-order valence-electron chi connectivity index (χ4n) is 10.2. The van der Waals surface area contributed by atoms with Crippen molar-refractivity contribution in [1.82, 2.24) is 0 Å². The Kier molecular flexibility index (Phi) is 6.98. The predicted octanol–water partition coefficient (Wildman–Crippen LogP) is 12.6. The molecule has 4 aliphatic carbocycles. The van der Waals surface area contributed by atoms with Gasteiger partial charge in [-0.1, -0.05) is 166 Å². The van der Waals surface area contributed by atoms with Gasteiger partial charge in [-0.25, -0.2) is 0 Å². The number of hydrogen-bond acceptors (Lipinski definition) is 3. The molecule has 0 radical (unpaired) electrons. The molecule has 262 valence electrons. The number of allylic oxidation sites excluding steroid dienone is 3. The molecular formula is C51H41NO2. The highest BCUT2D eigenvalue weighted by Gasteiger charge is 2.48. The minimum atomic E-state index is -0.535. The molecule has 0 fully saturated rings. The second kappa shape index (κ2) is 12.0. The number of nitrogens with zero attached hydrogens (tertiary/aromatic N) is 1. The van der Waals surface area contributed by atoms with Crippen molar-refractivity contribution in [3.05, 3.63) is 197 Å². The maximum absolute atomic E-state index is 7.36. The lowest BCUT2D eigenvalue weighted by atomic mass is 9.67. The molecule has 3 nitrogen and oxygen atoms in total. The zero-order valence-corrected chi connectivity index (χ0v) is 30.6. The van der Waals surface area contributed by atoms with Crippen LogP contribution < -0.4 is 4.90 Å². The van der Waals surface area contributed by atoms with Crippen molar-refractivity contribution in [1.29, 1.82) is 0 Å². The molecule has 0 amide bonds. The fourth-order valence-corrected chi connectivity index (χ4v) is 10.2. The Morgan fingerprint density at radius 3 is 2.15 bits per heavy atom. The highest BCUT2D eigenvalue weighted by atomic mass is 16.3. The number of furan rings is 2. The molecule has 4 atom stereocenters. The lowest BCUT2D eigenvalue weighted by molar-refractivity contribution is 0.451. The van der Waals surface area contributed by atoms with E-state index in [9.17, 15) is 0 Å². The van der Waals surface area contributed by atoms with E-state index in [2.05, 4.69) is 183 Å². The van der Waals surface area contributed by atoms with Gasteiger partial charge in [0.1, 0.15) is 22.7 Å². The standard InChI is InChI=1S/C51H41NO2/c1-32-27-28-40-47(31-32)53-46-26-14-25-45(48(40)46)52(35-17-7-4-8-18-35)44-30-29-39-38-21-13-24-43(50(38)54-49(39)33(44)2)51(34-15-5-3-6-16-34)41-22-11-9-19-36(41)37-20-10-12-23-42(37)51/h3-17,19-30,32-33,35,44H,18,31H2,1-2H3. The number of rotatable bonds is 5. The normalized spacial score (nSPS) is 21.6. The third kappa shape index (κ3) is 4.36. The number of benzene rings is 5. The molecule has 5 aromatic carbocycles. The Morgan fingerprint density at radius 1 is 0.648 bits per heavy atom. The quantitative estimate of drug-likeness (QED) is 0.179. The van der Waals surface area contributed by atoms with E-state index in [1.54, 1.807) is 0 Å². The lowest BCUT2D eigenvalue weighted by Gasteiger charge is -2.42. The lowest BCUT2D eigenvalue weighted by Crippen LogP contribution is -2.45. The van der Waals surface area contributed by atoms with Crippen molar-refractivity contribution >= 4 is 39.8 Å². The van der Waals surface area contributed by atoms with Crippen molar-refractivity contribution in [2.75, 3.05) is 4.90 Å². The minimum absolute atomic E-state index is 0.0568. The SMILES string of the molecule is CC1C=Cc2c(oc3cccc(N(C4C=CC=CC4)C4C=Cc5c(oc6c(C7(c8ccccc8)c8ccccc8-c8ccccc87)cccc56)C4C)c23)C1. The summed E-state index contributed by atoms with van der Waals surface area (Å²) in [6.07, 6.45) is 20.3. The smallest absolute Gasteiger partial charge is 0.139 e. The summed E-state index contributed by atoms with van der Waals surface area (Å²) in [4.78, 5) is 2.64. The second-order valence-corrected chi connectivity index (χ2v) is 15.6. The van der Waals surface area contributed by atoms with E-state index in [1.807, 2.05) is 0 Å². The van der Waals surface area contributed by atoms with E-state index < -0.39 is 5.41 Å². The summed E-state index contributed by atoms with van der Waals surface area (Å²) in [6, 6.07) is 42.5. The topological polar surface area (TPSA) is 29.5 Å². The molecule has 0 N–H and O–H groups in total. The van der Waals surface area contributed by atoms with Gasteiger partial charge in [0.2, 0.25) is 0 Å². The van der Waals surface area contributed by atoms with Gasteiger partial charge in [0.15, 0.2) is 0 Å². The Bertz CT molecular complexity index is 2690. The van der Waals surface area contributed by atoms with Crippen LogP contribution in [0.4, 0.5) is 5.69 Å². The number of anilines is 1. The van der Waals surface area contributed by atoms with Gasteiger partial charge in [0.25, 0.3) is 0 Å². The molecule has 0 aliphatic heterocycles. The first-order chi connectivity index (χ1) is 26.6. The monoisotopic (exact) mass is 699 g/mol. The van der Waals surface area contributed by atoms with E-state index in [4.69, 9.17) is 8.83 Å². The first kappa shape index (κ1) is 31.5. The Balaban J connectivity index is 1.11. The summed E-state index contributed by atoms with van der Waals surface area (Å²) in [5.74, 6) is 2.68. The molecule has 3 heteroatoms. The molecule has 0 spiro atoms. The average Bonchev–Trinajstić information content (AvgIpc) is 3.88. The van der Waals surface area contributed by atoms with Crippen LogP contribution in [0.25, 0.3) is 45.2 Å². The van der Waals surface area contributed by atoms with E-state index >= 15 is 0 Å². The molecule has 0 saturated heterocycles. The second-order valence-electron chi connectivity index (χ2n) is 15.6. The maximum atomic E-state index is 7.36. The molecule has 2 heterocycles. The van der Waals surface area contributed by atoms with Crippen molar-refractivity contribution in [3.8, 4) is 11.1 Å². The van der Waals surface area contributed by atoms with Crippen LogP contribution in [0.2, 0.25) is 0 Å². The van der Waals surface area contributed by atoms with Crippen LogP contribution in [-0.4, -0.2) is 12.1 Å². The van der Waals surface area contributed by atoms with E-state index in [1.165, 1.54) is 61.0 Å². The van der Waals surface area contributed by atoms with Crippen molar-refractivity contribution < 1.29 is 8.83 Å². The molecule has 7 aromatic rings. The first-order valence-corrected chi connectivity index (χ1v) is 19.5. The fraction of sp³-hybridized carbons (Fsp3) is 0.176. The molecule has 4 aliphatic rings. The van der Waals surface area contributed by atoms with Crippen LogP contribution in [0.1, 0.15) is 71.1 Å². The predicted molar refractivity (Wildman–Crippen MR) is 222 cm³/mol. The number of hydrogen-bond donors (Lipinski definition) is 0. The van der Waals surface area contributed by atoms with Crippen LogP contribution in [-0.2, 0) is 11.8 Å². The molecule has 0 bridgehead atoms. The Labute approximate surface area is 316 Å². The van der Waals surface area contributed by atoms with Gasteiger partial charge in [-0.15, -0.1) is 0 Å². The van der Waals surface area contributed by atoms with Crippen molar-refractivity contribution in [2.45, 2.75) is 50.1 Å². The van der Waals surface area contributed by atoms with Crippen LogP contribution in [0, 0.1) is 5.92 Å². The number of fused-ring (bicyclic) bond motifs is 9. The van der Waals surface area contributed by atoms with Gasteiger partial charge in [-0.05, 0) is 52.3 Å². The summed E-state index contributed by atoms with van der Waals surface area (Å²) >= 11 is 0. The average molecular weight is 700 g/mol. The zero-order chi connectivity index (χ0) is 36.0. The van der Waals surface area contributed by atoms with Gasteiger partial charge >= 0.3 is 0 Å². The molecule has 4 unspecified atom stereocenters. The van der Waals surface area contributed by atoms with Crippen LogP contribution in [0.5, 0.6) is 0 Å². The highest BCUT2D eigenvalue weighted by molar-refractivity contribution is 6.00. The van der Waals surface area contributed by atoms with E-state index in [-0.39, 0.29) is 18.0 Å². The van der Waals surface area contributed by atoms with Crippen LogP contribution in [0.15, 0.2) is 161 Å². The van der Waals surface area contributed by atoms with Gasteiger partial charge in [0.05, 0.1) is 22.9 Å². The van der Waals surface area contributed by atoms with Crippen molar-refractivity contribution in [3.63, 3.8) is 0 Å². The van der Waals surface area contributed by atoms with Crippen molar-refractivity contribution in [2.24, 2.45) is 5.92 Å². The maximum Gasteiger partial charge on any atom is 0.139 e. The van der Waals surface area contributed by atoms with Crippen LogP contribution >= 0.6 is 0 Å². The third-order valence-corrected chi connectivity index (χ3v) is 12.6. The Hall–Kier alpha value is -6.06. The largest absolute Gasteiger partial charge is 0.460 e. The summed E-state index contributed by atoms with van der Waals surface area (Å²) in [6.45, 7) is 4.61. The Morgan fingerprint density at radius 2 is 1.37 bits per heavy atom. The van der Waals surface area contributed by atoms with E-state index in [0.29, 0.717) is 5.92 Å². The van der Waals surface area contributed by atoms with Gasteiger partial charge in [0, 0.05) is 40.1 Å². The highest BCUT2D eigenvalue weighted by Crippen LogP contribution is 2.58. The summed E-state index contributed by atoms with van der Waals surface area (Å²) in [7, 11) is 0.